The normalized spacial score (nSPS) is 22.5. The monoisotopic (exact) mass is 286 g/mol. The second kappa shape index (κ2) is 7.84. The summed E-state index contributed by atoms with van der Waals surface area (Å²) in [5, 5.41) is 20.3. The first kappa shape index (κ1) is 16.4. The number of aliphatic carboxylic acids is 2. The van der Waals surface area contributed by atoms with E-state index in [1.807, 2.05) is 0 Å². The van der Waals surface area contributed by atoms with Gasteiger partial charge in [0.1, 0.15) is 0 Å². The van der Waals surface area contributed by atoms with Crippen LogP contribution in [0.25, 0.3) is 0 Å². The van der Waals surface area contributed by atoms with E-state index in [1.54, 1.807) is 0 Å². The molecule has 1 fully saturated rings. The topological polar surface area (TPSA) is 107 Å². The minimum Gasteiger partial charge on any atom is -0.480 e. The zero-order valence-electron chi connectivity index (χ0n) is 11.7. The molecule has 0 aromatic heterocycles. The molecule has 7 nitrogen and oxygen atoms in total. The Bertz CT molecular complexity index is 356. The van der Waals surface area contributed by atoms with Crippen LogP contribution in [0, 0.1) is 5.92 Å². The van der Waals surface area contributed by atoms with Gasteiger partial charge in [0.05, 0.1) is 19.6 Å². The predicted molar refractivity (Wildman–Crippen MR) is 71.3 cm³/mol. The van der Waals surface area contributed by atoms with Crippen LogP contribution in [-0.2, 0) is 14.4 Å². The van der Waals surface area contributed by atoms with Crippen LogP contribution >= 0.6 is 0 Å². The van der Waals surface area contributed by atoms with Crippen LogP contribution in [0.2, 0.25) is 0 Å². The molecule has 0 spiro atoms. The number of hydrogen-bond acceptors (Lipinski definition) is 4. The van der Waals surface area contributed by atoms with Crippen LogP contribution in [0.1, 0.15) is 32.6 Å². The highest BCUT2D eigenvalue weighted by atomic mass is 16.4. The minimum absolute atomic E-state index is 0.104. The number of rotatable bonds is 7. The van der Waals surface area contributed by atoms with Crippen molar-refractivity contribution in [3.05, 3.63) is 0 Å². The Kier molecular flexibility index (Phi) is 6.44. The summed E-state index contributed by atoms with van der Waals surface area (Å²) >= 11 is 0. The van der Waals surface area contributed by atoms with Crippen molar-refractivity contribution in [2.45, 2.75) is 38.6 Å². The van der Waals surface area contributed by atoms with Crippen molar-refractivity contribution in [1.82, 2.24) is 10.2 Å². The van der Waals surface area contributed by atoms with Crippen molar-refractivity contribution < 1.29 is 24.6 Å². The van der Waals surface area contributed by atoms with Crippen LogP contribution in [0.3, 0.4) is 0 Å². The lowest BCUT2D eigenvalue weighted by molar-refractivity contribution is -0.142. The van der Waals surface area contributed by atoms with Crippen molar-refractivity contribution >= 4 is 17.8 Å². The molecule has 0 aliphatic heterocycles. The summed E-state index contributed by atoms with van der Waals surface area (Å²) in [5.74, 6) is -2.21. The van der Waals surface area contributed by atoms with E-state index in [4.69, 9.17) is 10.2 Å². The van der Waals surface area contributed by atoms with Crippen molar-refractivity contribution in [3.63, 3.8) is 0 Å². The summed E-state index contributed by atoms with van der Waals surface area (Å²) < 4.78 is 0. The fourth-order valence-corrected chi connectivity index (χ4v) is 2.54. The predicted octanol–water partition coefficient (Wildman–Crippen LogP) is 0.153. The van der Waals surface area contributed by atoms with Crippen molar-refractivity contribution in [2.75, 3.05) is 19.6 Å². The molecule has 1 aliphatic carbocycles. The first-order valence-electron chi connectivity index (χ1n) is 6.83. The van der Waals surface area contributed by atoms with E-state index < -0.39 is 25.0 Å². The van der Waals surface area contributed by atoms with Gasteiger partial charge in [0.25, 0.3) is 0 Å². The van der Waals surface area contributed by atoms with E-state index >= 15 is 0 Å². The Balaban J connectivity index is 2.47. The van der Waals surface area contributed by atoms with E-state index in [0.29, 0.717) is 5.92 Å². The van der Waals surface area contributed by atoms with Gasteiger partial charge >= 0.3 is 11.9 Å². The molecule has 2 atom stereocenters. The molecule has 1 aliphatic rings. The molecule has 1 saturated carbocycles. The Hall–Kier alpha value is -1.63. The first-order valence-corrected chi connectivity index (χ1v) is 6.83. The van der Waals surface area contributed by atoms with Crippen LogP contribution in [0.15, 0.2) is 0 Å². The maximum atomic E-state index is 11.9. The number of carbonyl (C=O) groups excluding carboxylic acids is 1. The lowest BCUT2D eigenvalue weighted by atomic mass is 9.86. The Morgan fingerprint density at radius 3 is 2.10 bits per heavy atom. The molecule has 1 amide bonds. The molecule has 0 bridgehead atoms. The van der Waals surface area contributed by atoms with E-state index in [1.165, 1.54) is 0 Å². The average molecular weight is 286 g/mol. The summed E-state index contributed by atoms with van der Waals surface area (Å²) in [5.41, 5.74) is 0. The molecule has 0 radical (unpaired) electrons. The summed E-state index contributed by atoms with van der Waals surface area (Å²) in [7, 11) is 0. The molecule has 2 unspecified atom stereocenters. The lowest BCUT2D eigenvalue weighted by Gasteiger charge is -2.30. The molecule has 0 aromatic rings. The van der Waals surface area contributed by atoms with Gasteiger partial charge < -0.3 is 15.5 Å². The molecular formula is C13H22N2O5. The van der Waals surface area contributed by atoms with Gasteiger partial charge in [0.15, 0.2) is 0 Å². The van der Waals surface area contributed by atoms with Gasteiger partial charge in [-0.2, -0.15) is 0 Å². The van der Waals surface area contributed by atoms with E-state index in [2.05, 4.69) is 12.2 Å². The maximum absolute atomic E-state index is 11.9. The number of carboxylic acid groups (broad SMARTS) is 2. The van der Waals surface area contributed by atoms with E-state index in [9.17, 15) is 14.4 Å². The molecule has 0 aromatic carbocycles. The smallest absolute Gasteiger partial charge is 0.317 e. The van der Waals surface area contributed by atoms with Crippen molar-refractivity contribution in [2.24, 2.45) is 5.92 Å². The summed E-state index contributed by atoms with van der Waals surface area (Å²) in [6.45, 7) is 0.956. The maximum Gasteiger partial charge on any atom is 0.317 e. The fraction of sp³-hybridized carbons (Fsp3) is 0.769. The van der Waals surface area contributed by atoms with Gasteiger partial charge in [-0.05, 0) is 18.8 Å². The van der Waals surface area contributed by atoms with E-state index in [0.717, 1.165) is 30.6 Å². The highest BCUT2D eigenvalue weighted by Gasteiger charge is 2.24. The third-order valence-corrected chi connectivity index (χ3v) is 3.54. The van der Waals surface area contributed by atoms with Crippen LogP contribution in [0.4, 0.5) is 0 Å². The highest BCUT2D eigenvalue weighted by Crippen LogP contribution is 2.23. The number of carbonyl (C=O) groups is 3. The molecule has 3 N–H and O–H groups in total. The van der Waals surface area contributed by atoms with Gasteiger partial charge in [-0.3, -0.25) is 19.3 Å². The van der Waals surface area contributed by atoms with Crippen LogP contribution in [0.5, 0.6) is 0 Å². The molecular weight excluding hydrogens is 264 g/mol. The standard InChI is InChI=1S/C13H22N2O5/c1-9-4-2-3-5-10(9)14-11(16)6-15(7-12(17)18)8-13(19)20/h9-10H,2-8H2,1H3,(H,14,16)(H,17,18)(H,19,20). The molecule has 1 rings (SSSR count). The summed E-state index contributed by atoms with van der Waals surface area (Å²) in [4.78, 5) is 34.3. The lowest BCUT2D eigenvalue weighted by Crippen LogP contribution is -2.47. The third-order valence-electron chi connectivity index (χ3n) is 3.54. The Labute approximate surface area is 117 Å². The second-order valence-corrected chi connectivity index (χ2v) is 5.37. The number of hydrogen-bond donors (Lipinski definition) is 3. The van der Waals surface area contributed by atoms with Crippen molar-refractivity contribution in [1.29, 1.82) is 0 Å². The molecule has 114 valence electrons. The van der Waals surface area contributed by atoms with Crippen LogP contribution < -0.4 is 5.32 Å². The molecule has 0 heterocycles. The summed E-state index contributed by atoms with van der Waals surface area (Å²) in [6, 6.07) is 0.104. The zero-order valence-corrected chi connectivity index (χ0v) is 11.7. The number of amides is 1. The van der Waals surface area contributed by atoms with Crippen molar-refractivity contribution in [3.8, 4) is 0 Å². The van der Waals surface area contributed by atoms with Gasteiger partial charge in [-0.15, -0.1) is 0 Å². The van der Waals surface area contributed by atoms with E-state index in [-0.39, 0.29) is 18.5 Å². The first-order chi connectivity index (χ1) is 9.38. The highest BCUT2D eigenvalue weighted by molar-refractivity contribution is 5.80. The van der Waals surface area contributed by atoms with Gasteiger partial charge in [-0.1, -0.05) is 19.8 Å². The SMILES string of the molecule is CC1CCCCC1NC(=O)CN(CC(=O)O)CC(=O)O. The van der Waals surface area contributed by atoms with Crippen LogP contribution in [-0.4, -0.2) is 58.6 Å². The number of nitrogens with one attached hydrogen (secondary N) is 1. The quantitative estimate of drug-likeness (QED) is 0.615. The Morgan fingerprint density at radius 1 is 1.05 bits per heavy atom. The fourth-order valence-electron chi connectivity index (χ4n) is 2.54. The molecule has 7 heteroatoms. The Morgan fingerprint density at radius 2 is 1.60 bits per heavy atom. The average Bonchev–Trinajstić information content (AvgIpc) is 2.30. The largest absolute Gasteiger partial charge is 0.480 e. The minimum atomic E-state index is -1.15. The zero-order chi connectivity index (χ0) is 15.1. The summed E-state index contributed by atoms with van der Waals surface area (Å²) in [6.07, 6.45) is 4.23. The van der Waals surface area contributed by atoms with Gasteiger partial charge in [-0.25, -0.2) is 0 Å². The number of carboxylic acids is 2. The second-order valence-electron chi connectivity index (χ2n) is 5.37. The van der Waals surface area contributed by atoms with Gasteiger partial charge in [0.2, 0.25) is 5.91 Å². The molecule has 0 saturated heterocycles. The van der Waals surface area contributed by atoms with Gasteiger partial charge in [0, 0.05) is 6.04 Å². The number of nitrogens with zero attached hydrogens (tertiary/aromatic N) is 1. The third kappa shape index (κ3) is 6.01. The molecule has 20 heavy (non-hydrogen) atoms.